The molecule has 0 radical (unpaired) electrons. The third-order valence-corrected chi connectivity index (χ3v) is 5.89. The van der Waals surface area contributed by atoms with Crippen LogP contribution in [0, 0.1) is 5.92 Å². The van der Waals surface area contributed by atoms with Gasteiger partial charge in [-0.05, 0) is 51.7 Å². The Kier molecular flexibility index (Phi) is 5.81. The highest BCUT2D eigenvalue weighted by Gasteiger charge is 2.61. The summed E-state index contributed by atoms with van der Waals surface area (Å²) in [6.45, 7) is 8.17. The normalized spacial score (nSPS) is 30.1. The van der Waals surface area contributed by atoms with Gasteiger partial charge in [-0.15, -0.1) is 0 Å². The first-order chi connectivity index (χ1) is 14.0. The van der Waals surface area contributed by atoms with Gasteiger partial charge in [0, 0.05) is 11.5 Å². The Hall–Kier alpha value is -3.00. The van der Waals surface area contributed by atoms with Gasteiger partial charge >= 0.3 is 11.9 Å². The summed E-state index contributed by atoms with van der Waals surface area (Å²) in [5.41, 5.74) is 1.62. The maximum atomic E-state index is 11.7. The van der Waals surface area contributed by atoms with Crippen molar-refractivity contribution < 1.29 is 39.5 Å². The average molecular weight is 418 g/mol. The third-order valence-electron chi connectivity index (χ3n) is 5.89. The Morgan fingerprint density at radius 1 is 1.23 bits per heavy atom. The molecule has 1 aromatic rings. The zero-order valence-corrected chi connectivity index (χ0v) is 16.9. The molecule has 2 fully saturated rings. The molecular formula is C22H26O8. The number of carboxylic acids is 1. The number of phenols is 3. The lowest BCUT2D eigenvalue weighted by atomic mass is 9.84. The lowest BCUT2D eigenvalue weighted by molar-refractivity contribution is -0.140. The van der Waals surface area contributed by atoms with Gasteiger partial charge in [0.25, 0.3) is 0 Å². The molecule has 2 heterocycles. The van der Waals surface area contributed by atoms with Gasteiger partial charge in [0.15, 0.2) is 17.2 Å². The van der Waals surface area contributed by atoms with E-state index in [0.717, 1.165) is 37.8 Å². The first-order valence-corrected chi connectivity index (χ1v) is 9.75. The fraction of sp³-hybridized carbons (Fsp3) is 0.455. The molecule has 4 N–H and O–H groups in total. The molecule has 2 saturated heterocycles. The topological polar surface area (TPSA) is 137 Å². The predicted octanol–water partition coefficient (Wildman–Crippen LogP) is 3.26. The monoisotopic (exact) mass is 418 g/mol. The molecule has 3 aliphatic rings. The minimum atomic E-state index is -1.29. The number of carboxylic acid groups (broad SMARTS) is 1. The van der Waals surface area contributed by atoms with Gasteiger partial charge in [-0.3, -0.25) is 0 Å². The molecular weight excluding hydrogens is 392 g/mol. The van der Waals surface area contributed by atoms with Crippen LogP contribution in [0.2, 0.25) is 0 Å². The quantitative estimate of drug-likeness (QED) is 0.179. The smallest absolute Gasteiger partial charge is 0.335 e. The summed E-state index contributed by atoms with van der Waals surface area (Å²) in [6, 6.07) is 1.69. The van der Waals surface area contributed by atoms with E-state index in [4.69, 9.17) is 29.9 Å². The zero-order valence-electron chi connectivity index (χ0n) is 16.9. The lowest BCUT2D eigenvalue weighted by Gasteiger charge is -2.19. The second-order valence-electron chi connectivity index (χ2n) is 8.15. The van der Waals surface area contributed by atoms with Crippen LogP contribution < -0.4 is 0 Å². The summed E-state index contributed by atoms with van der Waals surface area (Å²) in [5.74, 6) is -3.44. The van der Waals surface area contributed by atoms with E-state index in [2.05, 4.69) is 26.5 Å². The Bertz CT molecular complexity index is 895. The van der Waals surface area contributed by atoms with Gasteiger partial charge < -0.3 is 29.9 Å². The number of aromatic carboxylic acids is 1. The van der Waals surface area contributed by atoms with Gasteiger partial charge in [0.05, 0.1) is 11.2 Å². The molecule has 4 unspecified atom stereocenters. The van der Waals surface area contributed by atoms with Crippen molar-refractivity contribution in [1.29, 1.82) is 0 Å². The Balaban J connectivity index is 0.000000187. The van der Waals surface area contributed by atoms with Crippen LogP contribution in [0.25, 0.3) is 0 Å². The second kappa shape index (κ2) is 8.02. The van der Waals surface area contributed by atoms with Crippen LogP contribution in [-0.4, -0.2) is 50.2 Å². The van der Waals surface area contributed by atoms with E-state index in [1.807, 2.05) is 0 Å². The van der Waals surface area contributed by atoms with Crippen LogP contribution in [0.1, 0.15) is 49.9 Å². The molecule has 162 valence electrons. The van der Waals surface area contributed by atoms with Crippen LogP contribution in [0.5, 0.6) is 17.2 Å². The van der Waals surface area contributed by atoms with Crippen LogP contribution in [-0.2, 0) is 14.3 Å². The van der Waals surface area contributed by atoms with E-state index in [1.165, 1.54) is 5.57 Å². The fourth-order valence-corrected chi connectivity index (χ4v) is 3.93. The number of allylic oxidation sites excluding steroid dienone is 2. The molecule has 0 aromatic heterocycles. The first-order valence-electron chi connectivity index (χ1n) is 9.75. The maximum absolute atomic E-state index is 11.7. The molecule has 4 rings (SSSR count). The van der Waals surface area contributed by atoms with E-state index in [0.29, 0.717) is 5.57 Å². The molecule has 0 bridgehead atoms. The molecule has 0 amide bonds. The molecule has 4 atom stereocenters. The fourth-order valence-electron chi connectivity index (χ4n) is 3.93. The summed E-state index contributed by atoms with van der Waals surface area (Å²) in [5, 5.41) is 35.0. The van der Waals surface area contributed by atoms with Crippen LogP contribution in [0.4, 0.5) is 0 Å². The van der Waals surface area contributed by atoms with E-state index in [1.54, 1.807) is 0 Å². The van der Waals surface area contributed by atoms with Crippen LogP contribution in [0.15, 0.2) is 35.9 Å². The van der Waals surface area contributed by atoms with Gasteiger partial charge in [-0.25, -0.2) is 9.59 Å². The second-order valence-corrected chi connectivity index (χ2v) is 8.15. The summed E-state index contributed by atoms with van der Waals surface area (Å²) in [7, 11) is 0. The number of ether oxygens (including phenoxy) is 2. The lowest BCUT2D eigenvalue weighted by Crippen LogP contribution is -2.28. The van der Waals surface area contributed by atoms with Gasteiger partial charge in [0.2, 0.25) is 0 Å². The Morgan fingerprint density at radius 3 is 2.47 bits per heavy atom. The minimum absolute atomic E-state index is 0.0671. The average Bonchev–Trinajstić information content (AvgIpc) is 3.26. The van der Waals surface area contributed by atoms with Crippen molar-refractivity contribution >= 4 is 11.9 Å². The molecule has 0 saturated carbocycles. The molecule has 1 aliphatic carbocycles. The standard InChI is InChI=1S/C15H20O3.C7H6O5/c1-9-5-4-8-15(3)13(18-15)12-11(7-6-9)10(2)14(16)17-12;8-4-1-3(7(11)12)2-5(9)6(4)10/h5,11-13H,2,4,6-8H2,1,3H3;1-2,8-10H,(H,11,12). The summed E-state index contributed by atoms with van der Waals surface area (Å²) in [4.78, 5) is 22.0. The van der Waals surface area contributed by atoms with Crippen molar-refractivity contribution in [1.82, 2.24) is 0 Å². The number of hydrogen-bond acceptors (Lipinski definition) is 7. The molecule has 8 heteroatoms. The molecule has 2 aliphatic heterocycles. The molecule has 8 nitrogen and oxygen atoms in total. The van der Waals surface area contributed by atoms with Crippen molar-refractivity contribution in [2.75, 3.05) is 0 Å². The van der Waals surface area contributed by atoms with Crippen LogP contribution >= 0.6 is 0 Å². The molecule has 30 heavy (non-hydrogen) atoms. The Morgan fingerprint density at radius 2 is 1.87 bits per heavy atom. The van der Waals surface area contributed by atoms with Crippen molar-refractivity contribution in [3.8, 4) is 17.2 Å². The predicted molar refractivity (Wildman–Crippen MR) is 106 cm³/mol. The van der Waals surface area contributed by atoms with Crippen LogP contribution in [0.3, 0.4) is 0 Å². The van der Waals surface area contributed by atoms with E-state index < -0.39 is 23.2 Å². The van der Waals surface area contributed by atoms with Crippen molar-refractivity contribution in [3.05, 3.63) is 41.5 Å². The number of carbonyl (C=O) groups is 2. The highest BCUT2D eigenvalue weighted by molar-refractivity contribution is 5.91. The molecule has 1 aromatic carbocycles. The highest BCUT2D eigenvalue weighted by Crippen LogP contribution is 2.49. The number of fused-ring (bicyclic) bond motifs is 3. The largest absolute Gasteiger partial charge is 0.504 e. The number of phenolic OH excluding ortho intramolecular Hbond substituents is 3. The number of aromatic hydroxyl groups is 3. The van der Waals surface area contributed by atoms with E-state index in [-0.39, 0.29) is 35.3 Å². The minimum Gasteiger partial charge on any atom is -0.504 e. The zero-order chi connectivity index (χ0) is 22.2. The number of esters is 1. The summed E-state index contributed by atoms with van der Waals surface area (Å²) < 4.78 is 11.3. The van der Waals surface area contributed by atoms with Crippen molar-refractivity contribution in [3.63, 3.8) is 0 Å². The van der Waals surface area contributed by atoms with E-state index in [9.17, 15) is 9.59 Å². The van der Waals surface area contributed by atoms with E-state index >= 15 is 0 Å². The number of rotatable bonds is 1. The summed E-state index contributed by atoms with van der Waals surface area (Å²) >= 11 is 0. The number of benzene rings is 1. The maximum Gasteiger partial charge on any atom is 0.335 e. The first kappa shape index (κ1) is 21.7. The van der Waals surface area contributed by atoms with Gasteiger partial charge in [0.1, 0.15) is 12.2 Å². The summed E-state index contributed by atoms with van der Waals surface area (Å²) in [6.07, 6.45) is 6.25. The third kappa shape index (κ3) is 4.28. The number of hydrogen-bond donors (Lipinski definition) is 4. The Labute approximate surface area is 174 Å². The van der Waals surface area contributed by atoms with Crippen molar-refractivity contribution in [2.45, 2.75) is 57.3 Å². The number of epoxide rings is 1. The highest BCUT2D eigenvalue weighted by atomic mass is 16.6. The van der Waals surface area contributed by atoms with Crippen molar-refractivity contribution in [2.24, 2.45) is 5.92 Å². The van der Waals surface area contributed by atoms with Gasteiger partial charge in [-0.1, -0.05) is 18.2 Å². The molecule has 0 spiro atoms. The SMILES string of the molecule is C=C1C(=O)OC2C1CCC(C)=CCCC1(C)OC21.O=C(O)c1cc(O)c(O)c(O)c1. The number of carbonyl (C=O) groups excluding carboxylic acids is 1. The van der Waals surface area contributed by atoms with Gasteiger partial charge in [-0.2, -0.15) is 0 Å².